The lowest BCUT2D eigenvalue weighted by Gasteiger charge is -2.17. The van der Waals surface area contributed by atoms with E-state index >= 15 is 0 Å². The molecule has 3 aromatic rings. The van der Waals surface area contributed by atoms with Gasteiger partial charge in [0.05, 0.1) is 11.4 Å². The molecule has 1 aromatic heterocycles. The maximum Gasteiger partial charge on any atom is 0.363 e. The van der Waals surface area contributed by atoms with Crippen LogP contribution >= 0.6 is 11.3 Å². The van der Waals surface area contributed by atoms with Gasteiger partial charge in [-0.3, -0.25) is 9.69 Å². The van der Waals surface area contributed by atoms with Crippen LogP contribution in [0.4, 0.5) is 10.8 Å². The number of carbonyl (C=O) groups excluding carboxylic acids is 2. The highest BCUT2D eigenvalue weighted by Gasteiger charge is 2.25. The van der Waals surface area contributed by atoms with Gasteiger partial charge in [0.25, 0.3) is 0 Å². The molecule has 0 bridgehead atoms. The molecule has 0 saturated carbocycles. The molecule has 0 unspecified atom stereocenters. The standard InChI is InChI=1S/C21H15N3O3S/c1-14(25)24(17-10-6-3-7-11-17)21-22-16(13-28-21)12-18-20(26)27-19(23-18)15-8-4-2-5-9-15/h2-13H,1H3. The smallest absolute Gasteiger partial charge is 0.363 e. The van der Waals surface area contributed by atoms with E-state index in [1.54, 1.807) is 11.5 Å². The Labute approximate surface area is 165 Å². The minimum atomic E-state index is -0.528. The Hall–Kier alpha value is -3.58. The lowest BCUT2D eigenvalue weighted by atomic mass is 10.2. The van der Waals surface area contributed by atoms with Crippen molar-refractivity contribution in [1.82, 2.24) is 4.98 Å². The fourth-order valence-electron chi connectivity index (χ4n) is 2.70. The van der Waals surface area contributed by atoms with E-state index in [4.69, 9.17) is 4.74 Å². The van der Waals surface area contributed by atoms with Gasteiger partial charge in [-0.25, -0.2) is 14.8 Å². The summed E-state index contributed by atoms with van der Waals surface area (Å²) in [5.74, 6) is -0.411. The zero-order chi connectivity index (χ0) is 19.5. The number of hydrogen-bond acceptors (Lipinski definition) is 6. The van der Waals surface area contributed by atoms with Crippen molar-refractivity contribution in [3.8, 4) is 0 Å². The highest BCUT2D eigenvalue weighted by atomic mass is 32.1. The van der Waals surface area contributed by atoms with Crippen LogP contribution in [0.25, 0.3) is 6.08 Å². The number of thiazole rings is 1. The SMILES string of the molecule is CC(=O)N(c1ccccc1)c1nc(C=C2N=C(c3ccccc3)OC2=O)cs1. The van der Waals surface area contributed by atoms with E-state index in [-0.39, 0.29) is 17.5 Å². The monoisotopic (exact) mass is 389 g/mol. The highest BCUT2D eigenvalue weighted by molar-refractivity contribution is 7.14. The lowest BCUT2D eigenvalue weighted by molar-refractivity contribution is -0.130. The van der Waals surface area contributed by atoms with Gasteiger partial charge in [-0.15, -0.1) is 11.3 Å². The summed E-state index contributed by atoms with van der Waals surface area (Å²) in [6, 6.07) is 18.5. The van der Waals surface area contributed by atoms with Crippen molar-refractivity contribution < 1.29 is 14.3 Å². The van der Waals surface area contributed by atoms with E-state index in [2.05, 4.69) is 9.98 Å². The summed E-state index contributed by atoms with van der Waals surface area (Å²) in [4.78, 5) is 34.5. The van der Waals surface area contributed by atoms with Crippen molar-refractivity contribution in [3.63, 3.8) is 0 Å². The van der Waals surface area contributed by atoms with Crippen molar-refractivity contribution in [2.24, 2.45) is 4.99 Å². The van der Waals surface area contributed by atoms with Gasteiger partial charge in [-0.2, -0.15) is 0 Å². The molecule has 2 aromatic carbocycles. The number of rotatable bonds is 4. The highest BCUT2D eigenvalue weighted by Crippen LogP contribution is 2.30. The average molecular weight is 389 g/mol. The van der Waals surface area contributed by atoms with E-state index in [9.17, 15) is 9.59 Å². The van der Waals surface area contributed by atoms with Gasteiger partial charge in [-0.05, 0) is 30.3 Å². The zero-order valence-corrected chi connectivity index (χ0v) is 15.7. The van der Waals surface area contributed by atoms with Crippen LogP contribution in [0.15, 0.2) is 76.7 Å². The number of esters is 1. The minimum Gasteiger partial charge on any atom is -0.402 e. The zero-order valence-electron chi connectivity index (χ0n) is 14.9. The maximum absolute atomic E-state index is 12.1. The number of nitrogens with zero attached hydrogens (tertiary/aromatic N) is 3. The van der Waals surface area contributed by atoms with E-state index in [1.807, 2.05) is 60.7 Å². The average Bonchev–Trinajstić information content (AvgIpc) is 3.31. The summed E-state index contributed by atoms with van der Waals surface area (Å²) in [7, 11) is 0. The van der Waals surface area contributed by atoms with E-state index < -0.39 is 5.97 Å². The third kappa shape index (κ3) is 3.60. The summed E-state index contributed by atoms with van der Waals surface area (Å²) in [6.07, 6.45) is 1.56. The number of benzene rings is 2. The number of aliphatic imine (C=N–C) groups is 1. The molecule has 4 rings (SSSR count). The molecule has 1 aliphatic heterocycles. The normalized spacial score (nSPS) is 14.7. The lowest BCUT2D eigenvalue weighted by Crippen LogP contribution is -2.22. The number of anilines is 2. The number of aromatic nitrogens is 1. The molecule has 138 valence electrons. The van der Waals surface area contributed by atoms with Gasteiger partial charge in [0.2, 0.25) is 11.8 Å². The maximum atomic E-state index is 12.1. The number of carbonyl (C=O) groups is 2. The summed E-state index contributed by atoms with van der Waals surface area (Å²) in [5.41, 5.74) is 2.16. The molecule has 7 heteroatoms. The number of hydrogen-bond donors (Lipinski definition) is 0. The number of amides is 1. The Balaban J connectivity index is 1.63. The van der Waals surface area contributed by atoms with Gasteiger partial charge in [0, 0.05) is 17.9 Å². The van der Waals surface area contributed by atoms with Crippen LogP contribution < -0.4 is 4.90 Å². The molecule has 0 radical (unpaired) electrons. The number of para-hydroxylation sites is 1. The first-order chi connectivity index (χ1) is 13.6. The van der Waals surface area contributed by atoms with Crippen LogP contribution in [0.2, 0.25) is 0 Å². The second-order valence-electron chi connectivity index (χ2n) is 5.95. The van der Waals surface area contributed by atoms with Gasteiger partial charge in [0.15, 0.2) is 10.8 Å². The predicted octanol–water partition coefficient (Wildman–Crippen LogP) is 4.17. The molecule has 0 atom stereocenters. The minimum absolute atomic E-state index is 0.149. The molecular weight excluding hydrogens is 374 g/mol. The third-order valence-corrected chi connectivity index (χ3v) is 4.80. The Kier molecular flexibility index (Phi) is 4.82. The van der Waals surface area contributed by atoms with Crippen LogP contribution in [0, 0.1) is 0 Å². The fourth-order valence-corrected chi connectivity index (χ4v) is 3.55. The Morgan fingerprint density at radius 2 is 1.75 bits per heavy atom. The summed E-state index contributed by atoms with van der Waals surface area (Å²) in [6.45, 7) is 1.48. The summed E-state index contributed by atoms with van der Waals surface area (Å²) < 4.78 is 5.25. The Morgan fingerprint density at radius 1 is 1.07 bits per heavy atom. The predicted molar refractivity (Wildman–Crippen MR) is 108 cm³/mol. The van der Waals surface area contributed by atoms with Gasteiger partial charge in [0.1, 0.15) is 0 Å². The molecule has 0 spiro atoms. The first-order valence-electron chi connectivity index (χ1n) is 8.51. The fraction of sp³-hybridized carbons (Fsp3) is 0.0476. The molecule has 1 amide bonds. The summed E-state index contributed by atoms with van der Waals surface area (Å²) >= 11 is 1.31. The van der Waals surface area contributed by atoms with Crippen LogP contribution in [0.3, 0.4) is 0 Å². The van der Waals surface area contributed by atoms with Crippen LogP contribution in [0.1, 0.15) is 18.2 Å². The van der Waals surface area contributed by atoms with Gasteiger partial charge >= 0.3 is 5.97 Å². The van der Waals surface area contributed by atoms with Crippen molar-refractivity contribution in [1.29, 1.82) is 0 Å². The van der Waals surface area contributed by atoms with E-state index in [1.165, 1.54) is 23.2 Å². The molecular formula is C21H15N3O3S. The van der Waals surface area contributed by atoms with Gasteiger partial charge < -0.3 is 4.74 Å². The van der Waals surface area contributed by atoms with Crippen LogP contribution in [0.5, 0.6) is 0 Å². The first-order valence-corrected chi connectivity index (χ1v) is 9.39. The molecule has 0 saturated heterocycles. The van der Waals surface area contributed by atoms with Crippen molar-refractivity contribution in [3.05, 3.63) is 83.0 Å². The molecule has 28 heavy (non-hydrogen) atoms. The topological polar surface area (TPSA) is 71.9 Å². The largest absolute Gasteiger partial charge is 0.402 e. The van der Waals surface area contributed by atoms with E-state index in [0.717, 1.165) is 11.3 Å². The van der Waals surface area contributed by atoms with Crippen molar-refractivity contribution in [2.45, 2.75) is 6.92 Å². The second kappa shape index (κ2) is 7.58. The van der Waals surface area contributed by atoms with Crippen LogP contribution in [-0.2, 0) is 14.3 Å². The number of cyclic esters (lactones) is 1. The molecule has 0 fully saturated rings. The Bertz CT molecular complexity index is 1090. The first kappa shape index (κ1) is 17.8. The quantitative estimate of drug-likeness (QED) is 0.496. The number of ether oxygens (including phenoxy) is 1. The molecule has 1 aliphatic rings. The van der Waals surface area contributed by atoms with Crippen molar-refractivity contribution >= 4 is 46.0 Å². The summed E-state index contributed by atoms with van der Waals surface area (Å²) in [5, 5.41) is 2.29. The second-order valence-corrected chi connectivity index (χ2v) is 6.78. The molecule has 0 N–H and O–H groups in total. The van der Waals surface area contributed by atoms with E-state index in [0.29, 0.717) is 10.8 Å². The molecule has 2 heterocycles. The van der Waals surface area contributed by atoms with Crippen molar-refractivity contribution in [2.75, 3.05) is 4.90 Å². The van der Waals surface area contributed by atoms with Crippen LogP contribution in [-0.4, -0.2) is 22.8 Å². The Morgan fingerprint density at radius 3 is 2.43 bits per heavy atom. The third-order valence-electron chi connectivity index (χ3n) is 3.96. The van der Waals surface area contributed by atoms with Gasteiger partial charge in [-0.1, -0.05) is 36.4 Å². The molecule has 0 aliphatic carbocycles. The molecule has 6 nitrogen and oxygen atoms in total.